The van der Waals surface area contributed by atoms with E-state index in [1.54, 1.807) is 0 Å². The molecule has 0 amide bonds. The predicted octanol–water partition coefficient (Wildman–Crippen LogP) is 2.07. The molecule has 2 rings (SSSR count). The van der Waals surface area contributed by atoms with Crippen molar-refractivity contribution in [2.75, 3.05) is 13.1 Å². The summed E-state index contributed by atoms with van der Waals surface area (Å²) in [4.78, 5) is 0. The van der Waals surface area contributed by atoms with Crippen molar-refractivity contribution in [2.24, 2.45) is 11.8 Å². The summed E-state index contributed by atoms with van der Waals surface area (Å²) in [6.07, 6.45) is 10.3. The Balaban J connectivity index is 1.51. The zero-order valence-electron chi connectivity index (χ0n) is 11.5. The lowest BCUT2D eigenvalue weighted by Gasteiger charge is -2.26. The van der Waals surface area contributed by atoms with E-state index in [1.165, 1.54) is 25.7 Å². The SMILES string of the molecule is OC1CCC(CNCC(O)CC2CCCC2)CC1. The fourth-order valence-corrected chi connectivity index (χ4v) is 3.52. The molecule has 3 heteroatoms. The van der Waals surface area contributed by atoms with Crippen LogP contribution in [-0.4, -0.2) is 35.5 Å². The van der Waals surface area contributed by atoms with Gasteiger partial charge in [0, 0.05) is 6.54 Å². The molecule has 0 spiro atoms. The maximum Gasteiger partial charge on any atom is 0.0667 e. The Morgan fingerprint density at radius 3 is 2.28 bits per heavy atom. The Morgan fingerprint density at radius 1 is 0.944 bits per heavy atom. The third kappa shape index (κ3) is 4.87. The molecule has 0 saturated heterocycles. The van der Waals surface area contributed by atoms with E-state index < -0.39 is 0 Å². The van der Waals surface area contributed by atoms with Gasteiger partial charge in [-0.05, 0) is 50.5 Å². The molecule has 3 N–H and O–H groups in total. The lowest BCUT2D eigenvalue weighted by Crippen LogP contribution is -2.33. The highest BCUT2D eigenvalue weighted by atomic mass is 16.3. The summed E-state index contributed by atoms with van der Waals surface area (Å²) in [6, 6.07) is 0. The van der Waals surface area contributed by atoms with Crippen molar-refractivity contribution < 1.29 is 10.2 Å². The smallest absolute Gasteiger partial charge is 0.0667 e. The molecule has 0 aromatic rings. The van der Waals surface area contributed by atoms with Gasteiger partial charge in [-0.3, -0.25) is 0 Å². The Morgan fingerprint density at radius 2 is 1.61 bits per heavy atom. The monoisotopic (exact) mass is 255 g/mol. The average Bonchev–Trinajstić information content (AvgIpc) is 2.84. The topological polar surface area (TPSA) is 52.5 Å². The Labute approximate surface area is 111 Å². The molecule has 2 aliphatic rings. The predicted molar refractivity (Wildman–Crippen MR) is 73.4 cm³/mol. The second-order valence-corrected chi connectivity index (χ2v) is 6.37. The zero-order chi connectivity index (χ0) is 12.8. The van der Waals surface area contributed by atoms with Crippen molar-refractivity contribution in [3.05, 3.63) is 0 Å². The lowest BCUT2D eigenvalue weighted by atomic mass is 9.87. The van der Waals surface area contributed by atoms with E-state index in [0.717, 1.165) is 51.1 Å². The lowest BCUT2D eigenvalue weighted by molar-refractivity contribution is 0.104. The summed E-state index contributed by atoms with van der Waals surface area (Å²) in [6.45, 7) is 1.75. The molecule has 0 aromatic heterocycles. The van der Waals surface area contributed by atoms with Crippen molar-refractivity contribution in [2.45, 2.75) is 70.0 Å². The number of hydrogen-bond donors (Lipinski definition) is 3. The van der Waals surface area contributed by atoms with Gasteiger partial charge in [-0.15, -0.1) is 0 Å². The molecular weight excluding hydrogens is 226 g/mol. The highest BCUT2D eigenvalue weighted by molar-refractivity contribution is 4.75. The van der Waals surface area contributed by atoms with E-state index in [1.807, 2.05) is 0 Å². The molecule has 2 fully saturated rings. The van der Waals surface area contributed by atoms with Crippen LogP contribution in [0.3, 0.4) is 0 Å². The first-order chi connectivity index (χ1) is 8.74. The number of aliphatic hydroxyl groups excluding tert-OH is 2. The molecule has 0 aliphatic heterocycles. The quantitative estimate of drug-likeness (QED) is 0.681. The molecule has 1 atom stereocenters. The standard InChI is InChI=1S/C15H29NO2/c17-14-7-5-13(6-8-14)10-16-11-15(18)9-12-3-1-2-4-12/h12-18H,1-11H2. The van der Waals surface area contributed by atoms with E-state index in [0.29, 0.717) is 5.92 Å². The van der Waals surface area contributed by atoms with Gasteiger partial charge >= 0.3 is 0 Å². The Bertz CT molecular complexity index is 221. The Hall–Kier alpha value is -0.120. The molecule has 106 valence electrons. The maximum absolute atomic E-state index is 9.98. The van der Waals surface area contributed by atoms with Crippen LogP contribution in [0, 0.1) is 11.8 Å². The maximum atomic E-state index is 9.98. The van der Waals surface area contributed by atoms with Crippen molar-refractivity contribution in [1.82, 2.24) is 5.32 Å². The third-order valence-corrected chi connectivity index (χ3v) is 4.71. The van der Waals surface area contributed by atoms with Crippen LogP contribution < -0.4 is 5.32 Å². The van der Waals surface area contributed by atoms with Crippen molar-refractivity contribution >= 4 is 0 Å². The minimum atomic E-state index is -0.165. The summed E-state index contributed by atoms with van der Waals surface area (Å²) in [5.41, 5.74) is 0. The normalized spacial score (nSPS) is 31.7. The molecule has 2 saturated carbocycles. The van der Waals surface area contributed by atoms with Gasteiger partial charge in [0.2, 0.25) is 0 Å². The Kier molecular flexibility index (Phi) is 5.93. The molecule has 1 unspecified atom stereocenters. The van der Waals surface area contributed by atoms with Crippen LogP contribution in [0.1, 0.15) is 57.8 Å². The summed E-state index contributed by atoms with van der Waals surface area (Å²) < 4.78 is 0. The van der Waals surface area contributed by atoms with Gasteiger partial charge in [-0.2, -0.15) is 0 Å². The van der Waals surface area contributed by atoms with Gasteiger partial charge < -0.3 is 15.5 Å². The molecule has 3 nitrogen and oxygen atoms in total. The molecule has 0 aromatic carbocycles. The van der Waals surface area contributed by atoms with Crippen molar-refractivity contribution in [3.63, 3.8) is 0 Å². The molecule has 0 bridgehead atoms. The number of hydrogen-bond acceptors (Lipinski definition) is 3. The van der Waals surface area contributed by atoms with Crippen molar-refractivity contribution in [1.29, 1.82) is 0 Å². The first-order valence-electron chi connectivity index (χ1n) is 7.81. The van der Waals surface area contributed by atoms with Gasteiger partial charge in [-0.1, -0.05) is 25.7 Å². The fraction of sp³-hybridized carbons (Fsp3) is 1.00. The minimum absolute atomic E-state index is 0.0609. The van der Waals surface area contributed by atoms with E-state index in [9.17, 15) is 10.2 Å². The minimum Gasteiger partial charge on any atom is -0.393 e. The number of nitrogens with one attached hydrogen (secondary N) is 1. The van der Waals surface area contributed by atoms with Gasteiger partial charge in [0.05, 0.1) is 12.2 Å². The summed E-state index contributed by atoms with van der Waals surface area (Å²) >= 11 is 0. The largest absolute Gasteiger partial charge is 0.393 e. The van der Waals surface area contributed by atoms with Crippen LogP contribution in [0.4, 0.5) is 0 Å². The summed E-state index contributed by atoms with van der Waals surface area (Å²) in [7, 11) is 0. The van der Waals surface area contributed by atoms with Crippen LogP contribution in [0.2, 0.25) is 0 Å². The number of rotatable bonds is 6. The van der Waals surface area contributed by atoms with Crippen LogP contribution in [-0.2, 0) is 0 Å². The fourth-order valence-electron chi connectivity index (χ4n) is 3.52. The highest BCUT2D eigenvalue weighted by Crippen LogP contribution is 2.28. The van der Waals surface area contributed by atoms with Gasteiger partial charge in [-0.25, -0.2) is 0 Å². The van der Waals surface area contributed by atoms with Gasteiger partial charge in [0.25, 0.3) is 0 Å². The summed E-state index contributed by atoms with van der Waals surface area (Å²) in [5, 5.41) is 22.8. The summed E-state index contributed by atoms with van der Waals surface area (Å²) in [5.74, 6) is 1.47. The molecule has 0 radical (unpaired) electrons. The van der Waals surface area contributed by atoms with Crippen LogP contribution in [0.5, 0.6) is 0 Å². The van der Waals surface area contributed by atoms with Gasteiger partial charge in [0.15, 0.2) is 0 Å². The van der Waals surface area contributed by atoms with E-state index in [-0.39, 0.29) is 12.2 Å². The molecule has 18 heavy (non-hydrogen) atoms. The van der Waals surface area contributed by atoms with Crippen LogP contribution in [0.15, 0.2) is 0 Å². The van der Waals surface area contributed by atoms with Crippen molar-refractivity contribution in [3.8, 4) is 0 Å². The van der Waals surface area contributed by atoms with E-state index in [2.05, 4.69) is 5.32 Å². The average molecular weight is 255 g/mol. The van der Waals surface area contributed by atoms with E-state index in [4.69, 9.17) is 0 Å². The molecular formula is C15H29NO2. The molecule has 0 heterocycles. The van der Waals surface area contributed by atoms with Crippen LogP contribution in [0.25, 0.3) is 0 Å². The molecule has 2 aliphatic carbocycles. The van der Waals surface area contributed by atoms with Crippen LogP contribution >= 0.6 is 0 Å². The third-order valence-electron chi connectivity index (χ3n) is 4.71. The second-order valence-electron chi connectivity index (χ2n) is 6.37. The second kappa shape index (κ2) is 7.46. The highest BCUT2D eigenvalue weighted by Gasteiger charge is 2.21. The zero-order valence-corrected chi connectivity index (χ0v) is 11.5. The first kappa shape index (κ1) is 14.3. The first-order valence-corrected chi connectivity index (χ1v) is 7.81. The number of aliphatic hydroxyl groups is 2. The van der Waals surface area contributed by atoms with Gasteiger partial charge in [0.1, 0.15) is 0 Å². The van der Waals surface area contributed by atoms with E-state index >= 15 is 0 Å².